The Bertz CT molecular complexity index is 861. The molecule has 1 saturated carbocycles. The van der Waals surface area contributed by atoms with Crippen molar-refractivity contribution in [1.82, 2.24) is 10.6 Å². The predicted octanol–water partition coefficient (Wildman–Crippen LogP) is 5.69. The Morgan fingerprint density at radius 1 is 1.20 bits per heavy atom. The van der Waals surface area contributed by atoms with Crippen molar-refractivity contribution in [3.8, 4) is 0 Å². The largest absolute Gasteiger partial charge is 0.466 e. The zero-order valence-corrected chi connectivity index (χ0v) is 23.3. The van der Waals surface area contributed by atoms with Gasteiger partial charge in [0.1, 0.15) is 0 Å². The molecule has 3 N–H and O–H groups in total. The fraction of sp³-hybridized carbons (Fsp3) is 0.714. The number of aliphatic hydroxyl groups excluding tert-OH is 1. The van der Waals surface area contributed by atoms with Crippen LogP contribution in [0.1, 0.15) is 78.9 Å². The highest BCUT2D eigenvalue weighted by molar-refractivity contribution is 6.31. The first-order chi connectivity index (χ1) is 16.3. The van der Waals surface area contributed by atoms with E-state index < -0.39 is 5.54 Å². The number of hydrogen-bond acceptors (Lipinski definition) is 4. The maximum absolute atomic E-state index is 13.0. The Hall–Kier alpha value is -1.79. The van der Waals surface area contributed by atoms with Crippen LogP contribution in [-0.4, -0.2) is 36.9 Å². The normalized spacial score (nSPS) is 20.5. The molecule has 0 bridgehead atoms. The van der Waals surface area contributed by atoms with Gasteiger partial charge in [-0.1, -0.05) is 58.4 Å². The number of halogens is 1. The Balaban J connectivity index is 2.11. The molecule has 0 spiro atoms. The van der Waals surface area contributed by atoms with E-state index >= 15 is 0 Å². The number of carbonyl (C=O) groups excluding carboxylic acids is 2. The third-order valence-electron chi connectivity index (χ3n) is 7.32. The van der Waals surface area contributed by atoms with Gasteiger partial charge in [0, 0.05) is 24.1 Å². The third kappa shape index (κ3) is 8.11. The average molecular weight is 509 g/mol. The summed E-state index contributed by atoms with van der Waals surface area (Å²) in [5.74, 6) is -0.0278. The van der Waals surface area contributed by atoms with Crippen LogP contribution in [0.2, 0.25) is 5.02 Å². The number of rotatable bonds is 11. The molecule has 0 aliphatic heterocycles. The molecule has 35 heavy (non-hydrogen) atoms. The molecule has 1 aliphatic carbocycles. The minimum absolute atomic E-state index is 0.0614. The maximum atomic E-state index is 13.0. The van der Waals surface area contributed by atoms with Crippen molar-refractivity contribution in [2.75, 3.05) is 19.8 Å². The molecular weight excluding hydrogens is 464 g/mol. The number of amides is 2. The molecule has 1 unspecified atom stereocenters. The zero-order chi connectivity index (χ0) is 26.4. The number of hydrogen-bond donors (Lipinski definition) is 3. The third-order valence-corrected chi connectivity index (χ3v) is 7.67. The topological polar surface area (TPSA) is 87.7 Å². The van der Waals surface area contributed by atoms with Crippen molar-refractivity contribution in [2.24, 2.45) is 29.1 Å². The molecule has 2 amide bonds. The van der Waals surface area contributed by atoms with Gasteiger partial charge in [-0.2, -0.15) is 0 Å². The van der Waals surface area contributed by atoms with Crippen molar-refractivity contribution in [1.29, 1.82) is 0 Å². The van der Waals surface area contributed by atoms with Crippen LogP contribution >= 0.6 is 11.6 Å². The van der Waals surface area contributed by atoms with Crippen LogP contribution < -0.4 is 10.6 Å². The molecule has 6 nitrogen and oxygen atoms in total. The van der Waals surface area contributed by atoms with E-state index in [2.05, 4.69) is 31.4 Å². The number of esters is 1. The highest BCUT2D eigenvalue weighted by Gasteiger charge is 2.40. The summed E-state index contributed by atoms with van der Waals surface area (Å²) in [4.78, 5) is 24.8. The standard InChI is InChI=1S/C28H45ClN2O4/c1-8-35-25(33)21-13-19(14-21)16-30-26(34)31-28(7,23(17-32)18(2)3)22-10-9-20(24(29)15-22)11-12-27(4,5)6/h9-10,15,18-19,21,23,32H,8,11-14,16-17H2,1-7H3,(H2,30,31,34)/t19-,21-,23?,28-/m0/s1. The second-order valence-electron chi connectivity index (χ2n) is 11.7. The highest BCUT2D eigenvalue weighted by atomic mass is 35.5. The number of benzene rings is 1. The number of carbonyl (C=O) groups is 2. The maximum Gasteiger partial charge on any atom is 0.315 e. The van der Waals surface area contributed by atoms with Gasteiger partial charge in [0.15, 0.2) is 0 Å². The van der Waals surface area contributed by atoms with Crippen molar-refractivity contribution in [3.63, 3.8) is 0 Å². The summed E-state index contributed by atoms with van der Waals surface area (Å²) >= 11 is 6.69. The molecule has 0 aromatic heterocycles. The first-order valence-corrected chi connectivity index (χ1v) is 13.3. The summed E-state index contributed by atoms with van der Waals surface area (Å²) in [7, 11) is 0. The summed E-state index contributed by atoms with van der Waals surface area (Å²) < 4.78 is 5.07. The minimum atomic E-state index is -0.813. The zero-order valence-electron chi connectivity index (χ0n) is 22.5. The molecule has 0 heterocycles. The number of aliphatic hydroxyl groups is 1. The van der Waals surface area contributed by atoms with E-state index in [0.29, 0.717) is 18.2 Å². The van der Waals surface area contributed by atoms with E-state index in [4.69, 9.17) is 16.3 Å². The smallest absolute Gasteiger partial charge is 0.315 e. The molecule has 7 heteroatoms. The fourth-order valence-electron chi connectivity index (χ4n) is 4.89. The molecule has 1 fully saturated rings. The Morgan fingerprint density at radius 3 is 2.37 bits per heavy atom. The van der Waals surface area contributed by atoms with Crippen molar-refractivity contribution >= 4 is 23.6 Å². The van der Waals surface area contributed by atoms with Gasteiger partial charge in [0.25, 0.3) is 0 Å². The second kappa shape index (κ2) is 12.4. The lowest BCUT2D eigenvalue weighted by Gasteiger charge is -2.41. The number of urea groups is 1. The predicted molar refractivity (Wildman–Crippen MR) is 141 cm³/mol. The van der Waals surface area contributed by atoms with E-state index in [9.17, 15) is 14.7 Å². The monoisotopic (exact) mass is 508 g/mol. The quantitative estimate of drug-likeness (QED) is 0.335. The molecule has 2 atom stereocenters. The Labute approximate surface area is 216 Å². The lowest BCUT2D eigenvalue weighted by Crippen LogP contribution is -2.55. The summed E-state index contributed by atoms with van der Waals surface area (Å²) in [6.07, 6.45) is 3.36. The summed E-state index contributed by atoms with van der Waals surface area (Å²) in [5, 5.41) is 17.0. The lowest BCUT2D eigenvalue weighted by atomic mass is 9.74. The molecule has 1 aromatic carbocycles. The van der Waals surface area contributed by atoms with Crippen molar-refractivity contribution in [3.05, 3.63) is 34.3 Å². The van der Waals surface area contributed by atoms with Gasteiger partial charge in [0.05, 0.1) is 18.1 Å². The van der Waals surface area contributed by atoms with Gasteiger partial charge >= 0.3 is 12.0 Å². The molecule has 198 valence electrons. The highest BCUT2D eigenvalue weighted by Crippen LogP contribution is 2.37. The van der Waals surface area contributed by atoms with E-state index in [1.54, 1.807) is 6.92 Å². The summed E-state index contributed by atoms with van der Waals surface area (Å²) in [6.45, 7) is 15.3. The first-order valence-electron chi connectivity index (χ1n) is 12.9. The first kappa shape index (κ1) is 29.4. The number of aryl methyl sites for hydroxylation is 1. The van der Waals surface area contributed by atoms with Gasteiger partial charge in [-0.15, -0.1) is 0 Å². The Morgan fingerprint density at radius 2 is 1.86 bits per heavy atom. The van der Waals surface area contributed by atoms with Crippen molar-refractivity contribution in [2.45, 2.75) is 79.7 Å². The molecule has 0 saturated heterocycles. The van der Waals surface area contributed by atoms with Crippen LogP contribution in [0, 0.1) is 29.1 Å². The number of nitrogens with one attached hydrogen (secondary N) is 2. The Kier molecular flexibility index (Phi) is 10.5. The van der Waals surface area contributed by atoms with Crippen LogP contribution in [0.15, 0.2) is 18.2 Å². The second-order valence-corrected chi connectivity index (χ2v) is 12.1. The van der Waals surface area contributed by atoms with Crippen LogP contribution in [0.25, 0.3) is 0 Å². The van der Waals surface area contributed by atoms with Crippen LogP contribution in [0.3, 0.4) is 0 Å². The SMILES string of the molecule is CCOC(=O)[C@H]1C[C@H](CNC(=O)N[C@@](C)(c2ccc(CCC(C)(C)C)c(Cl)c2)C(CO)C(C)C)C1. The average Bonchev–Trinajstić information content (AvgIpc) is 2.71. The van der Waals surface area contributed by atoms with Gasteiger partial charge in [-0.3, -0.25) is 4.79 Å². The van der Waals surface area contributed by atoms with Gasteiger partial charge < -0.3 is 20.5 Å². The fourth-order valence-corrected chi connectivity index (χ4v) is 5.17. The molecule has 1 aliphatic rings. The van der Waals surface area contributed by atoms with Crippen LogP contribution in [-0.2, 0) is 21.5 Å². The summed E-state index contributed by atoms with van der Waals surface area (Å²) in [5.41, 5.74) is 1.36. The van der Waals surface area contributed by atoms with E-state index in [-0.39, 0.29) is 47.7 Å². The summed E-state index contributed by atoms with van der Waals surface area (Å²) in [6, 6.07) is 5.70. The van der Waals surface area contributed by atoms with Crippen LogP contribution in [0.5, 0.6) is 0 Å². The van der Waals surface area contributed by atoms with Gasteiger partial charge in [-0.25, -0.2) is 4.79 Å². The molecule has 1 aromatic rings. The lowest BCUT2D eigenvalue weighted by molar-refractivity contribution is -0.152. The van der Waals surface area contributed by atoms with E-state index in [1.165, 1.54) is 0 Å². The molecule has 0 radical (unpaired) electrons. The van der Waals surface area contributed by atoms with Gasteiger partial charge in [0.2, 0.25) is 0 Å². The minimum Gasteiger partial charge on any atom is -0.466 e. The molecule has 2 rings (SSSR count). The number of ether oxygens (including phenoxy) is 1. The van der Waals surface area contributed by atoms with Gasteiger partial charge in [-0.05, 0) is 74.0 Å². The van der Waals surface area contributed by atoms with Crippen LogP contribution in [0.4, 0.5) is 4.79 Å². The van der Waals surface area contributed by atoms with E-state index in [1.807, 2.05) is 39.0 Å². The molecular formula is C28H45ClN2O4. The van der Waals surface area contributed by atoms with Crippen molar-refractivity contribution < 1.29 is 19.4 Å². The van der Waals surface area contributed by atoms with E-state index in [0.717, 1.165) is 36.8 Å².